The van der Waals surface area contributed by atoms with Gasteiger partial charge in [0.15, 0.2) is 0 Å². The van der Waals surface area contributed by atoms with Crippen molar-refractivity contribution < 1.29 is 27.9 Å². The molecule has 0 aliphatic carbocycles. The summed E-state index contributed by atoms with van der Waals surface area (Å²) in [5, 5.41) is 11.2. The summed E-state index contributed by atoms with van der Waals surface area (Å²) in [6, 6.07) is 5.72. The highest BCUT2D eigenvalue weighted by Gasteiger charge is 2.29. The van der Waals surface area contributed by atoms with Gasteiger partial charge in [-0.05, 0) is 24.6 Å². The van der Waals surface area contributed by atoms with E-state index in [0.29, 0.717) is 19.5 Å². The van der Waals surface area contributed by atoms with Crippen molar-refractivity contribution >= 4 is 27.8 Å². The summed E-state index contributed by atoms with van der Waals surface area (Å²) in [5.74, 6) is -1.49. The van der Waals surface area contributed by atoms with E-state index in [1.807, 2.05) is 0 Å². The number of carbonyl (C=O) groups excluding carboxylic acids is 2. The minimum Gasteiger partial charge on any atom is -0.481 e. The number of carboxylic acid groups (broad SMARTS) is 1. The van der Waals surface area contributed by atoms with Crippen LogP contribution in [0.4, 0.5) is 0 Å². The Morgan fingerprint density at radius 2 is 1.81 bits per heavy atom. The third-order valence-electron chi connectivity index (χ3n) is 4.27. The Labute approximate surface area is 158 Å². The fourth-order valence-electron chi connectivity index (χ4n) is 2.73. The van der Waals surface area contributed by atoms with E-state index in [4.69, 9.17) is 5.11 Å². The van der Waals surface area contributed by atoms with Crippen LogP contribution in [-0.2, 0) is 19.6 Å². The van der Waals surface area contributed by atoms with E-state index in [1.165, 1.54) is 35.5 Å². The van der Waals surface area contributed by atoms with Crippen LogP contribution in [0.3, 0.4) is 0 Å². The first kappa shape index (κ1) is 20.8. The Kier molecular flexibility index (Phi) is 6.92. The molecule has 2 amide bonds. The van der Waals surface area contributed by atoms with E-state index in [-0.39, 0.29) is 42.4 Å². The van der Waals surface area contributed by atoms with Gasteiger partial charge in [0.2, 0.25) is 15.9 Å². The molecule has 0 atom stereocenters. The number of hydrogen-bond acceptors (Lipinski definition) is 5. The normalized spacial score (nSPS) is 15.4. The Balaban J connectivity index is 2.04. The first-order valence-electron chi connectivity index (χ1n) is 8.57. The average Bonchev–Trinajstić information content (AvgIpc) is 2.65. The summed E-state index contributed by atoms with van der Waals surface area (Å²) in [6.07, 6.45) is 0.237. The summed E-state index contributed by atoms with van der Waals surface area (Å²) in [7, 11) is -3.77. The minimum absolute atomic E-state index is 0.0111. The summed E-state index contributed by atoms with van der Waals surface area (Å²) in [6.45, 7) is 2.70. The quantitative estimate of drug-likeness (QED) is 0.631. The van der Waals surface area contributed by atoms with Gasteiger partial charge in [-0.2, -0.15) is 4.31 Å². The molecule has 0 saturated carbocycles. The zero-order chi connectivity index (χ0) is 20.0. The van der Waals surface area contributed by atoms with Gasteiger partial charge in [0, 0.05) is 51.6 Å². The summed E-state index contributed by atoms with van der Waals surface area (Å²) >= 11 is 0. The number of piperazine rings is 1. The Morgan fingerprint density at radius 1 is 1.15 bits per heavy atom. The number of amides is 2. The predicted molar refractivity (Wildman–Crippen MR) is 96.7 cm³/mol. The number of nitrogens with one attached hydrogen (secondary N) is 1. The molecule has 1 heterocycles. The maximum absolute atomic E-state index is 12.8. The van der Waals surface area contributed by atoms with Crippen LogP contribution in [0.15, 0.2) is 29.2 Å². The molecule has 2 rings (SSSR count). The molecule has 2 N–H and O–H groups in total. The molecule has 0 aromatic heterocycles. The first-order valence-corrected chi connectivity index (χ1v) is 10.0. The van der Waals surface area contributed by atoms with E-state index in [0.717, 1.165) is 0 Å². The van der Waals surface area contributed by atoms with Gasteiger partial charge < -0.3 is 15.3 Å². The number of carboxylic acids is 1. The van der Waals surface area contributed by atoms with Crippen molar-refractivity contribution in [3.8, 4) is 0 Å². The molecule has 10 heteroatoms. The molecule has 1 fully saturated rings. The van der Waals surface area contributed by atoms with Crippen LogP contribution in [0.25, 0.3) is 0 Å². The molecule has 1 aliphatic heterocycles. The van der Waals surface area contributed by atoms with E-state index < -0.39 is 21.9 Å². The lowest BCUT2D eigenvalue weighted by molar-refractivity contribution is -0.137. The lowest BCUT2D eigenvalue weighted by Crippen LogP contribution is -2.49. The highest BCUT2D eigenvalue weighted by Crippen LogP contribution is 2.19. The molecule has 0 bridgehead atoms. The van der Waals surface area contributed by atoms with Gasteiger partial charge in [0.1, 0.15) is 0 Å². The smallest absolute Gasteiger partial charge is 0.303 e. The van der Waals surface area contributed by atoms with Crippen molar-refractivity contribution in [1.82, 2.24) is 14.5 Å². The number of nitrogens with zero attached hydrogens (tertiary/aromatic N) is 2. The molecule has 1 aliphatic rings. The van der Waals surface area contributed by atoms with E-state index in [9.17, 15) is 22.8 Å². The van der Waals surface area contributed by atoms with Gasteiger partial charge in [-0.25, -0.2) is 8.42 Å². The van der Waals surface area contributed by atoms with Crippen LogP contribution < -0.4 is 5.32 Å². The van der Waals surface area contributed by atoms with Crippen LogP contribution >= 0.6 is 0 Å². The maximum Gasteiger partial charge on any atom is 0.303 e. The van der Waals surface area contributed by atoms with Gasteiger partial charge in [-0.15, -0.1) is 0 Å². The van der Waals surface area contributed by atoms with Gasteiger partial charge in [0.05, 0.1) is 4.90 Å². The second kappa shape index (κ2) is 8.96. The topological polar surface area (TPSA) is 124 Å². The monoisotopic (exact) mass is 397 g/mol. The summed E-state index contributed by atoms with van der Waals surface area (Å²) in [4.78, 5) is 35.6. The summed E-state index contributed by atoms with van der Waals surface area (Å²) < 4.78 is 26.9. The molecule has 1 saturated heterocycles. The number of carbonyl (C=O) groups is 3. The molecule has 27 heavy (non-hydrogen) atoms. The Bertz CT molecular complexity index is 816. The van der Waals surface area contributed by atoms with Gasteiger partial charge in [-0.3, -0.25) is 14.4 Å². The minimum atomic E-state index is -3.77. The van der Waals surface area contributed by atoms with E-state index in [2.05, 4.69) is 5.32 Å². The number of rotatable bonds is 7. The van der Waals surface area contributed by atoms with Crippen molar-refractivity contribution in [2.75, 3.05) is 32.7 Å². The van der Waals surface area contributed by atoms with Crippen LogP contribution in [-0.4, -0.2) is 73.2 Å². The summed E-state index contributed by atoms with van der Waals surface area (Å²) in [5.41, 5.74) is 0.189. The highest BCUT2D eigenvalue weighted by atomic mass is 32.2. The Morgan fingerprint density at radius 3 is 2.41 bits per heavy atom. The van der Waals surface area contributed by atoms with E-state index in [1.54, 1.807) is 4.90 Å². The van der Waals surface area contributed by atoms with Crippen LogP contribution in [0.5, 0.6) is 0 Å². The second-order valence-corrected chi connectivity index (χ2v) is 8.13. The largest absolute Gasteiger partial charge is 0.481 e. The standard InChI is InChI=1S/C17H23N3O6S/c1-13(21)19-8-10-20(11-9-19)27(25,26)15-5-2-4-14(12-15)17(24)18-7-3-6-16(22)23/h2,4-5,12H,3,6-11H2,1H3,(H,18,24)(H,22,23). The third-order valence-corrected chi connectivity index (χ3v) is 6.17. The van der Waals surface area contributed by atoms with Gasteiger partial charge in [0.25, 0.3) is 5.91 Å². The van der Waals surface area contributed by atoms with Crippen molar-refractivity contribution in [2.45, 2.75) is 24.7 Å². The predicted octanol–water partition coefficient (Wildman–Crippen LogP) is 0.134. The lowest BCUT2D eigenvalue weighted by atomic mass is 10.2. The lowest BCUT2D eigenvalue weighted by Gasteiger charge is -2.33. The van der Waals surface area contributed by atoms with Crippen LogP contribution in [0.1, 0.15) is 30.1 Å². The van der Waals surface area contributed by atoms with Crippen molar-refractivity contribution in [1.29, 1.82) is 0 Å². The van der Waals surface area contributed by atoms with Crippen molar-refractivity contribution in [3.05, 3.63) is 29.8 Å². The van der Waals surface area contributed by atoms with Crippen LogP contribution in [0.2, 0.25) is 0 Å². The maximum atomic E-state index is 12.8. The molecule has 0 spiro atoms. The number of benzene rings is 1. The molecular weight excluding hydrogens is 374 g/mol. The van der Waals surface area contributed by atoms with Crippen molar-refractivity contribution in [2.24, 2.45) is 0 Å². The third kappa shape index (κ3) is 5.51. The molecule has 1 aromatic carbocycles. The molecule has 0 radical (unpaired) electrons. The molecule has 9 nitrogen and oxygen atoms in total. The number of hydrogen-bond donors (Lipinski definition) is 2. The zero-order valence-electron chi connectivity index (χ0n) is 15.1. The van der Waals surface area contributed by atoms with E-state index >= 15 is 0 Å². The molecule has 1 aromatic rings. The van der Waals surface area contributed by atoms with Crippen molar-refractivity contribution in [3.63, 3.8) is 0 Å². The Hall–Kier alpha value is -2.46. The molecule has 0 unspecified atom stereocenters. The first-order chi connectivity index (χ1) is 12.7. The van der Waals surface area contributed by atoms with Crippen LogP contribution in [0, 0.1) is 0 Å². The highest BCUT2D eigenvalue weighted by molar-refractivity contribution is 7.89. The zero-order valence-corrected chi connectivity index (χ0v) is 15.9. The fraction of sp³-hybridized carbons (Fsp3) is 0.471. The fourth-order valence-corrected chi connectivity index (χ4v) is 4.20. The average molecular weight is 397 g/mol. The van der Waals surface area contributed by atoms with Gasteiger partial charge >= 0.3 is 5.97 Å². The van der Waals surface area contributed by atoms with Gasteiger partial charge in [-0.1, -0.05) is 6.07 Å². The number of sulfonamides is 1. The number of aliphatic carboxylic acids is 1. The molecule has 148 valence electrons. The molecular formula is C17H23N3O6S. The SMILES string of the molecule is CC(=O)N1CCN(S(=O)(=O)c2cccc(C(=O)NCCCC(=O)O)c2)CC1. The second-order valence-electron chi connectivity index (χ2n) is 6.19.